The molecule has 0 atom stereocenters. The maximum absolute atomic E-state index is 11.0. The van der Waals surface area contributed by atoms with Crippen LogP contribution in [-0.4, -0.2) is 26.8 Å². The average Bonchev–Trinajstić information content (AvgIpc) is 2.31. The minimum absolute atomic E-state index is 0.0883. The van der Waals surface area contributed by atoms with Crippen molar-refractivity contribution >= 4 is 18.2 Å². The van der Waals surface area contributed by atoms with E-state index in [4.69, 9.17) is 4.55 Å². The second-order valence-corrected chi connectivity index (χ2v) is 15.7. The van der Waals surface area contributed by atoms with Crippen LogP contribution in [0.2, 0.25) is 23.2 Å². The molecule has 0 saturated heterocycles. The van der Waals surface area contributed by atoms with Crippen LogP contribution in [0, 0.1) is 11.8 Å². The summed E-state index contributed by atoms with van der Waals surface area (Å²) in [6.45, 7) is 16.5. The van der Waals surface area contributed by atoms with Gasteiger partial charge >= 0.3 is 0 Å². The molecular formula is C18H40O3SSi. The molecule has 0 saturated carbocycles. The molecule has 0 aliphatic rings. The summed E-state index contributed by atoms with van der Waals surface area (Å²) in [7, 11) is -5.36. The molecule has 0 unspecified atom stereocenters. The molecule has 0 aromatic carbocycles. The summed E-state index contributed by atoms with van der Waals surface area (Å²) in [5, 5.41) is 0.383. The summed E-state index contributed by atoms with van der Waals surface area (Å²) in [5.41, 5.74) is 0. The van der Waals surface area contributed by atoms with Gasteiger partial charge < -0.3 is 0 Å². The molecule has 0 spiro atoms. The first-order chi connectivity index (χ1) is 10.4. The fraction of sp³-hybridized carbons (Fsp3) is 1.00. The lowest BCUT2D eigenvalue weighted by Crippen LogP contribution is -2.47. The lowest BCUT2D eigenvalue weighted by atomic mass is 10.1. The number of hydrogen-bond acceptors (Lipinski definition) is 2. The highest BCUT2D eigenvalue weighted by Gasteiger charge is 2.46. The summed E-state index contributed by atoms with van der Waals surface area (Å²) in [6, 6.07) is 3.83. The van der Waals surface area contributed by atoms with Gasteiger partial charge in [0.15, 0.2) is 0 Å². The van der Waals surface area contributed by atoms with E-state index in [2.05, 4.69) is 48.5 Å². The van der Waals surface area contributed by atoms with Gasteiger partial charge in [0.25, 0.3) is 10.1 Å². The average molecular weight is 365 g/mol. The monoisotopic (exact) mass is 364 g/mol. The van der Waals surface area contributed by atoms with Gasteiger partial charge in [-0.1, -0.05) is 85.9 Å². The minimum Gasteiger partial charge on any atom is -0.286 e. The minimum atomic E-state index is -3.82. The highest BCUT2D eigenvalue weighted by atomic mass is 32.2. The SMILES string of the molecule is CCCC(C)(C)[Si](CCCCS(=O)(=O)O)(CC(C)C)CC(C)C. The number of hydrogen-bond donors (Lipinski definition) is 1. The van der Waals surface area contributed by atoms with Crippen molar-refractivity contribution in [2.45, 2.75) is 97.3 Å². The summed E-state index contributed by atoms with van der Waals surface area (Å²) in [4.78, 5) is 0. The molecule has 0 heterocycles. The molecule has 0 radical (unpaired) electrons. The van der Waals surface area contributed by atoms with E-state index in [9.17, 15) is 8.42 Å². The highest BCUT2D eigenvalue weighted by Crippen LogP contribution is 2.51. The van der Waals surface area contributed by atoms with Crippen molar-refractivity contribution in [2.75, 3.05) is 5.75 Å². The van der Waals surface area contributed by atoms with Crippen LogP contribution in [-0.2, 0) is 10.1 Å². The molecule has 0 aliphatic heterocycles. The first-order valence-corrected chi connectivity index (χ1v) is 13.5. The predicted molar refractivity (Wildman–Crippen MR) is 104 cm³/mol. The molecule has 0 rings (SSSR count). The molecular weight excluding hydrogens is 324 g/mol. The van der Waals surface area contributed by atoms with E-state index in [1.807, 2.05) is 0 Å². The van der Waals surface area contributed by atoms with Crippen molar-refractivity contribution in [1.82, 2.24) is 0 Å². The van der Waals surface area contributed by atoms with E-state index in [1.54, 1.807) is 0 Å². The molecule has 5 heteroatoms. The molecule has 0 aromatic heterocycles. The zero-order valence-corrected chi connectivity index (χ0v) is 18.3. The van der Waals surface area contributed by atoms with Crippen molar-refractivity contribution < 1.29 is 13.0 Å². The van der Waals surface area contributed by atoms with Gasteiger partial charge in [0, 0.05) is 0 Å². The number of unbranched alkanes of at least 4 members (excludes halogenated alkanes) is 1. The Hall–Kier alpha value is 0.127. The Balaban J connectivity index is 5.28. The van der Waals surface area contributed by atoms with Gasteiger partial charge in [0.2, 0.25) is 0 Å². The molecule has 3 nitrogen and oxygen atoms in total. The van der Waals surface area contributed by atoms with Crippen molar-refractivity contribution in [3.05, 3.63) is 0 Å². The Labute approximate surface area is 146 Å². The third-order valence-corrected chi connectivity index (χ3v) is 13.6. The summed E-state index contributed by atoms with van der Waals surface area (Å²) in [5.74, 6) is 1.30. The summed E-state index contributed by atoms with van der Waals surface area (Å²) in [6.07, 6.45) is 3.99. The molecule has 0 fully saturated rings. The zero-order chi connectivity index (χ0) is 18.3. The van der Waals surface area contributed by atoms with E-state index in [1.165, 1.54) is 31.0 Å². The molecule has 0 bridgehead atoms. The second kappa shape index (κ2) is 9.57. The van der Waals surface area contributed by atoms with Crippen LogP contribution < -0.4 is 0 Å². The Bertz CT molecular complexity index is 418. The second-order valence-electron chi connectivity index (χ2n) is 8.85. The third kappa shape index (κ3) is 8.68. The van der Waals surface area contributed by atoms with Gasteiger partial charge in [-0.15, -0.1) is 0 Å². The van der Waals surface area contributed by atoms with Crippen LogP contribution in [0.15, 0.2) is 0 Å². The Morgan fingerprint density at radius 2 is 1.48 bits per heavy atom. The maximum Gasteiger partial charge on any atom is 0.264 e. The Morgan fingerprint density at radius 1 is 1.00 bits per heavy atom. The van der Waals surface area contributed by atoms with Crippen molar-refractivity contribution in [3.8, 4) is 0 Å². The third-order valence-electron chi connectivity index (χ3n) is 5.22. The van der Waals surface area contributed by atoms with Crippen molar-refractivity contribution in [3.63, 3.8) is 0 Å². The van der Waals surface area contributed by atoms with Gasteiger partial charge in [-0.25, -0.2) is 0 Å². The lowest BCUT2D eigenvalue weighted by molar-refractivity contribution is 0.480. The zero-order valence-electron chi connectivity index (χ0n) is 16.5. The van der Waals surface area contributed by atoms with Crippen LogP contribution in [0.25, 0.3) is 0 Å². The van der Waals surface area contributed by atoms with Gasteiger partial charge in [0.1, 0.15) is 0 Å². The van der Waals surface area contributed by atoms with Crippen molar-refractivity contribution in [1.29, 1.82) is 0 Å². The molecule has 140 valence electrons. The van der Waals surface area contributed by atoms with Gasteiger partial charge in [0.05, 0.1) is 13.8 Å². The van der Waals surface area contributed by atoms with Crippen LogP contribution in [0.5, 0.6) is 0 Å². The van der Waals surface area contributed by atoms with E-state index >= 15 is 0 Å². The molecule has 1 N–H and O–H groups in total. The fourth-order valence-electron chi connectivity index (χ4n) is 4.38. The first kappa shape index (κ1) is 23.1. The predicted octanol–water partition coefficient (Wildman–Crippen LogP) is 6.00. The fourth-order valence-corrected chi connectivity index (χ4v) is 12.1. The molecule has 23 heavy (non-hydrogen) atoms. The first-order valence-electron chi connectivity index (χ1n) is 9.30. The van der Waals surface area contributed by atoms with E-state index in [-0.39, 0.29) is 5.75 Å². The van der Waals surface area contributed by atoms with Crippen LogP contribution in [0.4, 0.5) is 0 Å². The maximum atomic E-state index is 11.0. The van der Waals surface area contributed by atoms with E-state index in [0.29, 0.717) is 23.3 Å². The van der Waals surface area contributed by atoms with E-state index < -0.39 is 18.2 Å². The number of rotatable bonds is 12. The van der Waals surface area contributed by atoms with Crippen LogP contribution in [0.1, 0.15) is 74.1 Å². The Kier molecular flexibility index (Phi) is 9.62. The lowest BCUT2D eigenvalue weighted by Gasteiger charge is -2.48. The van der Waals surface area contributed by atoms with Gasteiger partial charge in [-0.05, 0) is 23.3 Å². The van der Waals surface area contributed by atoms with Gasteiger partial charge in [-0.3, -0.25) is 4.55 Å². The summed E-state index contributed by atoms with van der Waals surface area (Å²) < 4.78 is 30.9. The standard InChI is InChI=1S/C18H40O3SSi/c1-8-11-18(6,7)23(14-16(2)3,15-17(4)5)13-10-9-12-22(19,20)21/h16-17H,8-15H2,1-7H3,(H,19,20,21). The normalized spacial score (nSPS) is 14.0. The molecule has 0 aliphatic carbocycles. The van der Waals surface area contributed by atoms with Gasteiger partial charge in [-0.2, -0.15) is 8.42 Å². The smallest absolute Gasteiger partial charge is 0.264 e. The highest BCUT2D eigenvalue weighted by molar-refractivity contribution is 7.85. The summed E-state index contributed by atoms with van der Waals surface area (Å²) >= 11 is 0. The molecule has 0 aromatic rings. The van der Waals surface area contributed by atoms with Crippen LogP contribution in [0.3, 0.4) is 0 Å². The van der Waals surface area contributed by atoms with Crippen molar-refractivity contribution in [2.24, 2.45) is 11.8 Å². The topological polar surface area (TPSA) is 54.4 Å². The quantitative estimate of drug-likeness (QED) is 0.263. The van der Waals surface area contributed by atoms with E-state index in [0.717, 1.165) is 6.42 Å². The Morgan fingerprint density at radius 3 is 1.83 bits per heavy atom. The van der Waals surface area contributed by atoms with Crippen LogP contribution >= 0.6 is 0 Å². The molecule has 0 amide bonds. The largest absolute Gasteiger partial charge is 0.286 e.